The highest BCUT2D eigenvalue weighted by Gasteiger charge is 2.27. The van der Waals surface area contributed by atoms with Crippen molar-refractivity contribution in [3.05, 3.63) is 34.4 Å². The zero-order valence-electron chi connectivity index (χ0n) is 13.7. The molecule has 2 atom stereocenters. The molecule has 126 valence electrons. The lowest BCUT2D eigenvalue weighted by atomic mass is 10.2. The first-order valence-electron chi connectivity index (χ1n) is 7.73. The van der Waals surface area contributed by atoms with E-state index in [9.17, 15) is 14.9 Å². The third kappa shape index (κ3) is 5.43. The Bertz CT molecular complexity index is 583. The molecule has 0 saturated heterocycles. The van der Waals surface area contributed by atoms with Gasteiger partial charge in [0.25, 0.3) is 5.69 Å². The van der Waals surface area contributed by atoms with Crippen molar-refractivity contribution < 1.29 is 14.5 Å². The summed E-state index contributed by atoms with van der Waals surface area (Å²) in [5.41, 5.74) is 0.280. The average molecular weight is 321 g/mol. The number of nitro benzene ring substituents is 1. The molecule has 7 nitrogen and oxygen atoms in total. The van der Waals surface area contributed by atoms with Gasteiger partial charge in [0, 0.05) is 29.9 Å². The number of carbonyl (C=O) groups is 1. The van der Waals surface area contributed by atoms with Crippen LogP contribution in [0.5, 0.6) is 0 Å². The SMILES string of the molecule is CC(C)(C)OC(=O)NC1CCC(Nc2cccc([N+](=O)[O-])c2)C1. The molecule has 2 N–H and O–H groups in total. The van der Waals surface area contributed by atoms with Gasteiger partial charge in [-0.1, -0.05) is 6.07 Å². The van der Waals surface area contributed by atoms with Crippen LogP contribution in [0.15, 0.2) is 24.3 Å². The maximum atomic E-state index is 11.8. The number of benzene rings is 1. The Balaban J connectivity index is 1.85. The number of anilines is 1. The van der Waals surface area contributed by atoms with E-state index in [4.69, 9.17) is 4.74 Å². The number of alkyl carbamates (subject to hydrolysis) is 1. The molecule has 1 fully saturated rings. The fourth-order valence-corrected chi connectivity index (χ4v) is 2.66. The predicted octanol–water partition coefficient (Wildman–Crippen LogP) is 3.45. The Labute approximate surface area is 135 Å². The van der Waals surface area contributed by atoms with Gasteiger partial charge in [0.15, 0.2) is 0 Å². The number of nitrogens with one attached hydrogen (secondary N) is 2. The maximum Gasteiger partial charge on any atom is 0.407 e. The molecule has 2 rings (SSSR count). The fourth-order valence-electron chi connectivity index (χ4n) is 2.66. The molecule has 1 saturated carbocycles. The van der Waals surface area contributed by atoms with Crippen molar-refractivity contribution in [1.82, 2.24) is 5.32 Å². The van der Waals surface area contributed by atoms with Gasteiger partial charge in [-0.3, -0.25) is 10.1 Å². The van der Waals surface area contributed by atoms with E-state index in [1.165, 1.54) is 12.1 Å². The summed E-state index contributed by atoms with van der Waals surface area (Å²) in [4.78, 5) is 22.2. The van der Waals surface area contributed by atoms with Gasteiger partial charge in [0.05, 0.1) is 4.92 Å². The van der Waals surface area contributed by atoms with Crippen molar-refractivity contribution in [1.29, 1.82) is 0 Å². The van der Waals surface area contributed by atoms with Gasteiger partial charge in [-0.2, -0.15) is 0 Å². The zero-order valence-corrected chi connectivity index (χ0v) is 13.7. The summed E-state index contributed by atoms with van der Waals surface area (Å²) in [6.45, 7) is 5.48. The highest BCUT2D eigenvalue weighted by Crippen LogP contribution is 2.25. The summed E-state index contributed by atoms with van der Waals surface area (Å²) >= 11 is 0. The minimum absolute atomic E-state index is 0.0565. The minimum Gasteiger partial charge on any atom is -0.444 e. The van der Waals surface area contributed by atoms with E-state index in [1.54, 1.807) is 6.07 Å². The van der Waals surface area contributed by atoms with Crippen LogP contribution in [0.25, 0.3) is 0 Å². The second-order valence-corrected chi connectivity index (χ2v) is 6.80. The molecule has 1 aromatic carbocycles. The number of ether oxygens (including phenoxy) is 1. The number of hydrogen-bond donors (Lipinski definition) is 2. The zero-order chi connectivity index (χ0) is 17.0. The summed E-state index contributed by atoms with van der Waals surface area (Å²) in [5, 5.41) is 17.0. The van der Waals surface area contributed by atoms with Crippen LogP contribution in [0, 0.1) is 10.1 Å². The van der Waals surface area contributed by atoms with Gasteiger partial charge in [-0.25, -0.2) is 4.79 Å². The van der Waals surface area contributed by atoms with Crippen molar-refractivity contribution in [3.63, 3.8) is 0 Å². The van der Waals surface area contributed by atoms with Crippen LogP contribution in [-0.4, -0.2) is 28.7 Å². The summed E-state index contributed by atoms with van der Waals surface area (Å²) < 4.78 is 5.25. The monoisotopic (exact) mass is 321 g/mol. The fraction of sp³-hybridized carbons (Fsp3) is 0.562. The lowest BCUT2D eigenvalue weighted by molar-refractivity contribution is -0.384. The van der Waals surface area contributed by atoms with Crippen LogP contribution < -0.4 is 10.6 Å². The highest BCUT2D eigenvalue weighted by molar-refractivity contribution is 5.68. The Morgan fingerprint density at radius 1 is 1.30 bits per heavy atom. The summed E-state index contributed by atoms with van der Waals surface area (Å²) in [6.07, 6.45) is 2.11. The molecule has 0 bridgehead atoms. The number of nitrogens with zero attached hydrogens (tertiary/aromatic N) is 1. The molecule has 1 amide bonds. The first kappa shape index (κ1) is 17.1. The van der Waals surface area contributed by atoms with E-state index in [0.717, 1.165) is 24.9 Å². The van der Waals surface area contributed by atoms with Gasteiger partial charge in [-0.05, 0) is 46.1 Å². The molecule has 1 aromatic rings. The molecule has 1 aliphatic carbocycles. The lowest BCUT2D eigenvalue weighted by Gasteiger charge is -2.22. The van der Waals surface area contributed by atoms with Gasteiger partial charge in [0.2, 0.25) is 0 Å². The van der Waals surface area contributed by atoms with Gasteiger partial charge >= 0.3 is 6.09 Å². The number of non-ortho nitro benzene ring substituents is 1. The Hall–Kier alpha value is -2.31. The Morgan fingerprint density at radius 3 is 2.65 bits per heavy atom. The van der Waals surface area contributed by atoms with E-state index in [2.05, 4.69) is 10.6 Å². The number of hydrogen-bond acceptors (Lipinski definition) is 5. The molecular formula is C16H23N3O4. The standard InChI is InChI=1S/C16H23N3O4/c1-16(2,3)23-15(20)18-13-8-7-12(9-13)17-11-5-4-6-14(10-11)19(21)22/h4-6,10,12-13,17H,7-9H2,1-3H3,(H,18,20). The van der Waals surface area contributed by atoms with E-state index < -0.39 is 16.6 Å². The minimum atomic E-state index is -0.511. The molecule has 2 unspecified atom stereocenters. The van der Waals surface area contributed by atoms with E-state index in [1.807, 2.05) is 26.8 Å². The molecule has 1 aliphatic rings. The first-order valence-corrected chi connectivity index (χ1v) is 7.73. The largest absolute Gasteiger partial charge is 0.444 e. The van der Waals surface area contributed by atoms with Crippen LogP contribution in [0.4, 0.5) is 16.2 Å². The topological polar surface area (TPSA) is 93.5 Å². The normalized spacial score (nSPS) is 20.8. The average Bonchev–Trinajstić information content (AvgIpc) is 2.83. The van der Waals surface area contributed by atoms with Crippen molar-refractivity contribution in [3.8, 4) is 0 Å². The third-order valence-electron chi connectivity index (χ3n) is 3.58. The van der Waals surface area contributed by atoms with Crippen LogP contribution in [0.2, 0.25) is 0 Å². The van der Waals surface area contributed by atoms with E-state index in [0.29, 0.717) is 0 Å². The first-order chi connectivity index (χ1) is 10.7. The third-order valence-corrected chi connectivity index (χ3v) is 3.58. The second-order valence-electron chi connectivity index (χ2n) is 6.80. The van der Waals surface area contributed by atoms with Crippen molar-refractivity contribution in [2.24, 2.45) is 0 Å². The summed E-state index contributed by atoms with van der Waals surface area (Å²) in [6, 6.07) is 6.69. The summed E-state index contributed by atoms with van der Waals surface area (Å²) in [5.74, 6) is 0. The quantitative estimate of drug-likeness (QED) is 0.654. The van der Waals surface area contributed by atoms with Gasteiger partial charge < -0.3 is 15.4 Å². The van der Waals surface area contributed by atoms with Crippen LogP contribution in [0.3, 0.4) is 0 Å². The van der Waals surface area contributed by atoms with Gasteiger partial charge in [0.1, 0.15) is 5.60 Å². The van der Waals surface area contributed by atoms with Crippen LogP contribution in [0.1, 0.15) is 40.0 Å². The van der Waals surface area contributed by atoms with Crippen molar-refractivity contribution in [2.45, 2.75) is 57.7 Å². The molecule has 0 radical (unpaired) electrons. The molecule has 0 spiro atoms. The Kier molecular flexibility index (Phi) is 5.08. The number of nitro groups is 1. The van der Waals surface area contributed by atoms with E-state index in [-0.39, 0.29) is 17.8 Å². The summed E-state index contributed by atoms with van der Waals surface area (Å²) in [7, 11) is 0. The number of amides is 1. The van der Waals surface area contributed by atoms with Crippen LogP contribution in [-0.2, 0) is 4.74 Å². The highest BCUT2D eigenvalue weighted by atomic mass is 16.6. The number of carbonyl (C=O) groups excluding carboxylic acids is 1. The van der Waals surface area contributed by atoms with Gasteiger partial charge in [-0.15, -0.1) is 0 Å². The van der Waals surface area contributed by atoms with Crippen molar-refractivity contribution >= 4 is 17.5 Å². The van der Waals surface area contributed by atoms with Crippen LogP contribution >= 0.6 is 0 Å². The lowest BCUT2D eigenvalue weighted by Crippen LogP contribution is -2.38. The predicted molar refractivity (Wildman–Crippen MR) is 87.5 cm³/mol. The van der Waals surface area contributed by atoms with Crippen molar-refractivity contribution in [2.75, 3.05) is 5.32 Å². The molecule has 0 aromatic heterocycles. The molecule has 7 heteroatoms. The molecule has 0 aliphatic heterocycles. The Morgan fingerprint density at radius 2 is 2.00 bits per heavy atom. The molecule has 23 heavy (non-hydrogen) atoms. The number of rotatable bonds is 4. The smallest absolute Gasteiger partial charge is 0.407 e. The van der Waals surface area contributed by atoms with E-state index >= 15 is 0 Å². The molecular weight excluding hydrogens is 298 g/mol. The molecule has 0 heterocycles. The second kappa shape index (κ2) is 6.85. The maximum absolute atomic E-state index is 11.8.